The molecule has 1 aliphatic carbocycles. The topological polar surface area (TPSA) is 61.2 Å². The summed E-state index contributed by atoms with van der Waals surface area (Å²) in [6.07, 6.45) is 3.97. The van der Waals surface area contributed by atoms with Crippen LogP contribution >= 0.6 is 11.8 Å². The zero-order chi connectivity index (χ0) is 14.1. The van der Waals surface area contributed by atoms with Gasteiger partial charge >= 0.3 is 0 Å². The van der Waals surface area contributed by atoms with Gasteiger partial charge in [0.15, 0.2) is 0 Å². The molecule has 4 nitrogen and oxygen atoms in total. The lowest BCUT2D eigenvalue weighted by atomic mass is 9.78. The molecule has 0 atom stereocenters. The van der Waals surface area contributed by atoms with Gasteiger partial charge in [0.25, 0.3) is 0 Å². The van der Waals surface area contributed by atoms with Gasteiger partial charge in [-0.2, -0.15) is 9.57 Å². The smallest absolute Gasteiger partial charge is 0.207 e. The fourth-order valence-electron chi connectivity index (χ4n) is 2.22. The maximum absolute atomic E-state index is 12.7. The number of nitrogens with zero attached hydrogens (tertiary/aromatic N) is 2. The number of nitriles is 1. The van der Waals surface area contributed by atoms with Crippen molar-refractivity contribution in [3.63, 3.8) is 0 Å². The Morgan fingerprint density at radius 1 is 1.37 bits per heavy atom. The Kier molecular flexibility index (Phi) is 3.90. The summed E-state index contributed by atoms with van der Waals surface area (Å²) in [7, 11) is -2.11. The van der Waals surface area contributed by atoms with Crippen LogP contribution in [0.4, 0.5) is 0 Å². The van der Waals surface area contributed by atoms with Crippen molar-refractivity contribution in [1.82, 2.24) is 4.31 Å². The number of thioether (sulfide) groups is 1. The zero-order valence-corrected chi connectivity index (χ0v) is 12.6. The molecular formula is C13H16N2O2S2. The molecule has 6 heteroatoms. The molecule has 1 aliphatic rings. The van der Waals surface area contributed by atoms with Gasteiger partial charge in [-0.05, 0) is 37.7 Å². The second-order valence-electron chi connectivity index (χ2n) is 4.62. The Labute approximate surface area is 118 Å². The van der Waals surface area contributed by atoms with E-state index in [9.17, 15) is 13.7 Å². The Morgan fingerprint density at radius 3 is 2.47 bits per heavy atom. The summed E-state index contributed by atoms with van der Waals surface area (Å²) in [5.74, 6) is 0. The van der Waals surface area contributed by atoms with E-state index in [0.717, 1.165) is 6.42 Å². The minimum atomic E-state index is -3.62. The number of hydrogen-bond donors (Lipinski definition) is 0. The summed E-state index contributed by atoms with van der Waals surface area (Å²) < 4.78 is 26.6. The van der Waals surface area contributed by atoms with E-state index >= 15 is 0 Å². The van der Waals surface area contributed by atoms with Gasteiger partial charge in [-0.3, -0.25) is 0 Å². The standard InChI is InChI=1S/C13H16N2O2S2/c1-15(13(10-14)8-5-9-13)19(16,17)12-7-4-3-6-11(12)18-2/h3-4,6-7H,5,8-9H2,1-2H3. The number of hydrogen-bond acceptors (Lipinski definition) is 4. The van der Waals surface area contributed by atoms with Gasteiger partial charge in [0, 0.05) is 11.9 Å². The van der Waals surface area contributed by atoms with Crippen LogP contribution in [0.2, 0.25) is 0 Å². The Balaban J connectivity index is 2.46. The van der Waals surface area contributed by atoms with Crippen LogP contribution in [0, 0.1) is 11.3 Å². The first kappa shape index (κ1) is 14.4. The second kappa shape index (κ2) is 5.16. The van der Waals surface area contributed by atoms with Gasteiger partial charge in [0.1, 0.15) is 5.54 Å². The van der Waals surface area contributed by atoms with Gasteiger partial charge in [0.2, 0.25) is 10.0 Å². The first-order chi connectivity index (χ1) is 8.98. The largest absolute Gasteiger partial charge is 0.245 e. The molecule has 0 N–H and O–H groups in total. The van der Waals surface area contributed by atoms with Gasteiger partial charge < -0.3 is 0 Å². The maximum Gasteiger partial charge on any atom is 0.245 e. The van der Waals surface area contributed by atoms with Gasteiger partial charge in [0.05, 0.1) is 11.0 Å². The van der Waals surface area contributed by atoms with Crippen molar-refractivity contribution in [2.45, 2.75) is 34.6 Å². The molecule has 1 saturated carbocycles. The van der Waals surface area contributed by atoms with Crippen molar-refractivity contribution in [2.24, 2.45) is 0 Å². The van der Waals surface area contributed by atoms with Gasteiger partial charge in [-0.25, -0.2) is 8.42 Å². The normalized spacial score (nSPS) is 17.8. The van der Waals surface area contributed by atoms with Crippen molar-refractivity contribution < 1.29 is 8.42 Å². The highest BCUT2D eigenvalue weighted by Gasteiger charge is 2.47. The van der Waals surface area contributed by atoms with Crippen molar-refractivity contribution in [3.8, 4) is 6.07 Å². The highest BCUT2D eigenvalue weighted by Crippen LogP contribution is 2.40. The number of rotatable bonds is 4. The third-order valence-corrected chi connectivity index (χ3v) is 6.61. The molecular weight excluding hydrogens is 280 g/mol. The van der Waals surface area contributed by atoms with E-state index in [1.54, 1.807) is 18.2 Å². The molecule has 2 rings (SSSR count). The summed E-state index contributed by atoms with van der Waals surface area (Å²) >= 11 is 1.39. The Morgan fingerprint density at radius 2 is 2.00 bits per heavy atom. The lowest BCUT2D eigenvalue weighted by Gasteiger charge is -2.42. The lowest BCUT2D eigenvalue weighted by molar-refractivity contribution is 0.171. The molecule has 0 amide bonds. The summed E-state index contributed by atoms with van der Waals surface area (Å²) in [6, 6.07) is 9.07. The van der Waals surface area contributed by atoms with E-state index in [1.807, 2.05) is 12.3 Å². The molecule has 1 aromatic rings. The van der Waals surface area contributed by atoms with E-state index in [0.29, 0.717) is 17.7 Å². The van der Waals surface area contributed by atoms with E-state index in [2.05, 4.69) is 6.07 Å². The molecule has 0 heterocycles. The molecule has 0 saturated heterocycles. The predicted molar refractivity (Wildman–Crippen MR) is 75.4 cm³/mol. The minimum Gasteiger partial charge on any atom is -0.207 e. The van der Waals surface area contributed by atoms with Gasteiger partial charge in [-0.1, -0.05) is 12.1 Å². The van der Waals surface area contributed by atoms with Crippen LogP contribution in [0.5, 0.6) is 0 Å². The highest BCUT2D eigenvalue weighted by molar-refractivity contribution is 7.99. The molecule has 1 fully saturated rings. The van der Waals surface area contributed by atoms with Crippen molar-refractivity contribution in [2.75, 3.05) is 13.3 Å². The van der Waals surface area contributed by atoms with Crippen LogP contribution in [-0.2, 0) is 10.0 Å². The molecule has 0 aliphatic heterocycles. The molecule has 0 radical (unpaired) electrons. The van der Waals surface area contributed by atoms with Crippen LogP contribution < -0.4 is 0 Å². The van der Waals surface area contributed by atoms with Crippen molar-refractivity contribution in [1.29, 1.82) is 5.26 Å². The fraction of sp³-hybridized carbons (Fsp3) is 0.462. The number of sulfonamides is 1. The molecule has 0 aromatic heterocycles. The first-order valence-electron chi connectivity index (χ1n) is 6.01. The molecule has 0 unspecified atom stereocenters. The van der Waals surface area contributed by atoms with Gasteiger partial charge in [-0.15, -0.1) is 11.8 Å². The van der Waals surface area contributed by atoms with E-state index < -0.39 is 15.6 Å². The molecule has 19 heavy (non-hydrogen) atoms. The summed E-state index contributed by atoms with van der Waals surface area (Å²) in [6.45, 7) is 0. The van der Waals surface area contributed by atoms with Crippen molar-refractivity contribution >= 4 is 21.8 Å². The van der Waals surface area contributed by atoms with Crippen LogP contribution in [-0.4, -0.2) is 31.6 Å². The fourth-order valence-corrected chi connectivity index (χ4v) is 4.82. The summed E-state index contributed by atoms with van der Waals surface area (Å²) in [4.78, 5) is 0.994. The van der Waals surface area contributed by atoms with Crippen LogP contribution in [0.1, 0.15) is 19.3 Å². The SMILES string of the molecule is CSc1ccccc1S(=O)(=O)N(C)C1(C#N)CCC1. The summed E-state index contributed by atoms with van der Waals surface area (Å²) in [5.41, 5.74) is -0.857. The molecule has 1 aromatic carbocycles. The molecule has 102 valence electrons. The second-order valence-corrected chi connectivity index (χ2v) is 7.41. The Bertz CT molecular complexity index is 616. The monoisotopic (exact) mass is 296 g/mol. The average Bonchev–Trinajstić information content (AvgIpc) is 2.38. The quantitative estimate of drug-likeness (QED) is 0.801. The molecule has 0 spiro atoms. The molecule has 0 bridgehead atoms. The van der Waals surface area contributed by atoms with Crippen LogP contribution in [0.25, 0.3) is 0 Å². The van der Waals surface area contributed by atoms with E-state index in [4.69, 9.17) is 0 Å². The third-order valence-electron chi connectivity index (χ3n) is 3.70. The summed E-state index contributed by atoms with van der Waals surface area (Å²) in [5, 5.41) is 9.28. The van der Waals surface area contributed by atoms with Crippen LogP contribution in [0.15, 0.2) is 34.1 Å². The van der Waals surface area contributed by atoms with E-state index in [1.165, 1.54) is 23.1 Å². The predicted octanol–water partition coefficient (Wildman–Crippen LogP) is 2.48. The zero-order valence-electron chi connectivity index (χ0n) is 11.0. The first-order valence-corrected chi connectivity index (χ1v) is 8.68. The highest BCUT2D eigenvalue weighted by atomic mass is 32.2. The van der Waals surface area contributed by atoms with Crippen LogP contribution in [0.3, 0.4) is 0 Å². The maximum atomic E-state index is 12.7. The van der Waals surface area contributed by atoms with Crippen molar-refractivity contribution in [3.05, 3.63) is 24.3 Å². The van der Waals surface area contributed by atoms with E-state index in [-0.39, 0.29) is 4.90 Å². The minimum absolute atomic E-state index is 0.284. The third kappa shape index (κ3) is 2.27. The Hall–Kier alpha value is -1.03. The number of benzene rings is 1. The lowest BCUT2D eigenvalue weighted by Crippen LogP contribution is -2.53. The average molecular weight is 296 g/mol.